The number of amides is 2. The normalized spacial score (nSPS) is 16.4. The summed E-state index contributed by atoms with van der Waals surface area (Å²) in [4.78, 5) is 30.0. The number of fused-ring (bicyclic) bond motifs is 1. The van der Waals surface area contributed by atoms with E-state index >= 15 is 0 Å². The molecule has 0 atom stereocenters. The summed E-state index contributed by atoms with van der Waals surface area (Å²) in [5.41, 5.74) is 3.15. The minimum atomic E-state index is -0.106. The first-order valence-electron chi connectivity index (χ1n) is 11.9. The summed E-state index contributed by atoms with van der Waals surface area (Å²) in [6, 6.07) is 19.9. The lowest BCUT2D eigenvalue weighted by Gasteiger charge is -2.31. The summed E-state index contributed by atoms with van der Waals surface area (Å²) >= 11 is 0. The van der Waals surface area contributed by atoms with Crippen LogP contribution in [0.4, 0.5) is 0 Å². The van der Waals surface area contributed by atoms with Crippen LogP contribution in [0.1, 0.15) is 44.9 Å². The average molecular weight is 459 g/mol. The standard InChI is InChI=1S/C27H30N4O3/c1-34-25-10-6-5-9-22(25)19-30-15-16-31-24(27(30)33)18-23(28-31)26(32)29-13-11-21(12-14-29)17-20-7-3-2-4-8-20/h2-10,18,21H,11-17,19H2,1H3. The molecule has 2 amide bonds. The molecule has 34 heavy (non-hydrogen) atoms. The molecule has 0 bridgehead atoms. The quantitative estimate of drug-likeness (QED) is 0.566. The van der Waals surface area contributed by atoms with Crippen molar-refractivity contribution in [1.29, 1.82) is 0 Å². The molecule has 0 radical (unpaired) electrons. The minimum Gasteiger partial charge on any atom is -0.496 e. The van der Waals surface area contributed by atoms with Crippen molar-refractivity contribution in [2.24, 2.45) is 5.92 Å². The van der Waals surface area contributed by atoms with Crippen molar-refractivity contribution in [3.8, 4) is 5.75 Å². The van der Waals surface area contributed by atoms with Crippen LogP contribution in [0.2, 0.25) is 0 Å². The Morgan fingerprint density at radius 3 is 2.50 bits per heavy atom. The predicted molar refractivity (Wildman–Crippen MR) is 129 cm³/mol. The lowest BCUT2D eigenvalue weighted by molar-refractivity contribution is 0.0669. The van der Waals surface area contributed by atoms with Crippen LogP contribution in [0.15, 0.2) is 60.7 Å². The lowest BCUT2D eigenvalue weighted by Crippen LogP contribution is -2.40. The molecule has 2 aromatic carbocycles. The van der Waals surface area contributed by atoms with Gasteiger partial charge in [0.05, 0.1) is 13.7 Å². The second-order valence-corrected chi connectivity index (χ2v) is 9.10. The summed E-state index contributed by atoms with van der Waals surface area (Å²) in [6.07, 6.45) is 3.03. The highest BCUT2D eigenvalue weighted by Gasteiger charge is 2.31. The molecule has 3 heterocycles. The average Bonchev–Trinajstić information content (AvgIpc) is 3.32. The monoisotopic (exact) mass is 458 g/mol. The van der Waals surface area contributed by atoms with Crippen LogP contribution >= 0.6 is 0 Å². The number of hydrogen-bond donors (Lipinski definition) is 0. The number of aromatic nitrogens is 2. The first-order chi connectivity index (χ1) is 16.6. The fourth-order valence-corrected chi connectivity index (χ4v) is 4.98. The van der Waals surface area contributed by atoms with Gasteiger partial charge in [0.15, 0.2) is 5.69 Å². The van der Waals surface area contributed by atoms with E-state index in [9.17, 15) is 9.59 Å². The summed E-state index contributed by atoms with van der Waals surface area (Å²) in [5, 5.41) is 4.49. The number of rotatable bonds is 6. The summed E-state index contributed by atoms with van der Waals surface area (Å²) in [6.45, 7) is 3.04. The number of benzene rings is 2. The van der Waals surface area contributed by atoms with Crippen LogP contribution in [0.3, 0.4) is 0 Å². The van der Waals surface area contributed by atoms with Gasteiger partial charge in [-0.2, -0.15) is 5.10 Å². The van der Waals surface area contributed by atoms with Gasteiger partial charge >= 0.3 is 0 Å². The van der Waals surface area contributed by atoms with Gasteiger partial charge in [0.25, 0.3) is 11.8 Å². The van der Waals surface area contributed by atoms with Crippen LogP contribution in [-0.2, 0) is 19.5 Å². The number of piperidine rings is 1. The van der Waals surface area contributed by atoms with Gasteiger partial charge in [-0.05, 0) is 36.8 Å². The number of methoxy groups -OCH3 is 1. The fourth-order valence-electron chi connectivity index (χ4n) is 4.98. The zero-order chi connectivity index (χ0) is 23.5. The van der Waals surface area contributed by atoms with Gasteiger partial charge in [0.2, 0.25) is 0 Å². The van der Waals surface area contributed by atoms with E-state index in [2.05, 4.69) is 29.4 Å². The van der Waals surface area contributed by atoms with Gasteiger partial charge in [0.1, 0.15) is 11.4 Å². The molecule has 1 saturated heterocycles. The molecule has 5 rings (SSSR count). The molecule has 0 aliphatic carbocycles. The Hall–Kier alpha value is -3.61. The van der Waals surface area contributed by atoms with E-state index in [-0.39, 0.29) is 11.8 Å². The topological polar surface area (TPSA) is 67.7 Å². The maximum absolute atomic E-state index is 13.2. The highest BCUT2D eigenvalue weighted by Crippen LogP contribution is 2.25. The largest absolute Gasteiger partial charge is 0.496 e. The Bertz CT molecular complexity index is 1170. The molecule has 2 aliphatic heterocycles. The van der Waals surface area contributed by atoms with Crippen molar-refractivity contribution < 1.29 is 14.3 Å². The lowest BCUT2D eigenvalue weighted by atomic mass is 9.90. The van der Waals surface area contributed by atoms with Gasteiger partial charge in [-0.15, -0.1) is 0 Å². The summed E-state index contributed by atoms with van der Waals surface area (Å²) < 4.78 is 7.11. The molecule has 7 heteroatoms. The molecule has 0 unspecified atom stereocenters. The second-order valence-electron chi connectivity index (χ2n) is 9.10. The first kappa shape index (κ1) is 22.2. The van der Waals surface area contributed by atoms with Crippen LogP contribution < -0.4 is 4.74 Å². The highest BCUT2D eigenvalue weighted by atomic mass is 16.5. The third-order valence-electron chi connectivity index (χ3n) is 6.91. The van der Waals surface area contributed by atoms with Crippen LogP contribution in [-0.4, -0.2) is 58.1 Å². The van der Waals surface area contributed by atoms with Gasteiger partial charge < -0.3 is 14.5 Å². The number of hydrogen-bond acceptors (Lipinski definition) is 4. The van der Waals surface area contributed by atoms with Crippen LogP contribution in [0.25, 0.3) is 0 Å². The second kappa shape index (κ2) is 9.71. The Morgan fingerprint density at radius 2 is 1.74 bits per heavy atom. The molecule has 3 aromatic rings. The van der Waals surface area contributed by atoms with E-state index < -0.39 is 0 Å². The molecule has 176 valence electrons. The Labute approximate surface area is 199 Å². The molecule has 2 aliphatic rings. The van der Waals surface area contributed by atoms with Crippen molar-refractivity contribution in [3.63, 3.8) is 0 Å². The molecular weight excluding hydrogens is 428 g/mol. The van der Waals surface area contributed by atoms with Crippen LogP contribution in [0, 0.1) is 5.92 Å². The predicted octanol–water partition coefficient (Wildman–Crippen LogP) is 3.64. The van der Waals surface area contributed by atoms with E-state index in [4.69, 9.17) is 4.74 Å². The first-order valence-corrected chi connectivity index (χ1v) is 11.9. The van der Waals surface area contributed by atoms with E-state index in [1.165, 1.54) is 5.56 Å². The van der Waals surface area contributed by atoms with E-state index in [0.717, 1.165) is 43.7 Å². The van der Waals surface area contributed by atoms with Gasteiger partial charge in [-0.25, -0.2) is 0 Å². The van der Waals surface area contributed by atoms with Gasteiger partial charge in [0, 0.05) is 37.8 Å². The van der Waals surface area contributed by atoms with Crippen molar-refractivity contribution in [1.82, 2.24) is 19.6 Å². The number of nitrogens with zero attached hydrogens (tertiary/aromatic N) is 4. The summed E-state index contributed by atoms with van der Waals surface area (Å²) in [7, 11) is 1.63. The van der Waals surface area contributed by atoms with E-state index in [1.54, 1.807) is 22.8 Å². The Kier molecular flexibility index (Phi) is 6.34. The number of para-hydroxylation sites is 1. The third-order valence-corrected chi connectivity index (χ3v) is 6.91. The summed E-state index contributed by atoms with van der Waals surface area (Å²) in [5.74, 6) is 1.17. The number of likely N-dealkylation sites (tertiary alicyclic amines) is 1. The van der Waals surface area contributed by atoms with E-state index in [1.807, 2.05) is 35.2 Å². The molecule has 1 aromatic heterocycles. The minimum absolute atomic E-state index is 0.0795. The maximum atomic E-state index is 13.2. The van der Waals surface area contributed by atoms with E-state index in [0.29, 0.717) is 36.9 Å². The van der Waals surface area contributed by atoms with Crippen molar-refractivity contribution in [3.05, 3.63) is 83.2 Å². The smallest absolute Gasteiger partial charge is 0.274 e. The van der Waals surface area contributed by atoms with Crippen molar-refractivity contribution in [2.75, 3.05) is 26.7 Å². The van der Waals surface area contributed by atoms with Crippen molar-refractivity contribution >= 4 is 11.8 Å². The zero-order valence-corrected chi connectivity index (χ0v) is 19.5. The van der Waals surface area contributed by atoms with Crippen molar-refractivity contribution in [2.45, 2.75) is 32.4 Å². The number of carbonyl (C=O) groups excluding carboxylic acids is 2. The highest BCUT2D eigenvalue weighted by molar-refractivity contribution is 5.98. The number of carbonyl (C=O) groups is 2. The molecule has 0 saturated carbocycles. The molecule has 0 N–H and O–H groups in total. The molecular formula is C27H30N4O3. The molecule has 1 fully saturated rings. The fraction of sp³-hybridized carbons (Fsp3) is 0.370. The number of ether oxygens (including phenoxy) is 1. The van der Waals surface area contributed by atoms with Crippen LogP contribution in [0.5, 0.6) is 5.75 Å². The zero-order valence-electron chi connectivity index (χ0n) is 19.5. The third kappa shape index (κ3) is 4.55. The molecule has 0 spiro atoms. The molecule has 7 nitrogen and oxygen atoms in total. The Balaban J connectivity index is 1.22. The SMILES string of the molecule is COc1ccccc1CN1CCn2nc(C(=O)N3CCC(Cc4ccccc4)CC3)cc2C1=O. The Morgan fingerprint density at radius 1 is 1.00 bits per heavy atom. The van der Waals surface area contributed by atoms with Gasteiger partial charge in [-0.3, -0.25) is 14.3 Å². The maximum Gasteiger partial charge on any atom is 0.274 e. The van der Waals surface area contributed by atoms with Gasteiger partial charge in [-0.1, -0.05) is 48.5 Å².